The lowest BCUT2D eigenvalue weighted by Crippen LogP contribution is -2.25. The predicted molar refractivity (Wildman–Crippen MR) is 63.1 cm³/mol. The highest BCUT2D eigenvalue weighted by molar-refractivity contribution is 5.91. The molecular weight excluding hydrogens is 200 g/mol. The smallest absolute Gasteiger partial charge is 0.247 e. The summed E-state index contributed by atoms with van der Waals surface area (Å²) in [5.41, 5.74) is 2.24. The maximum absolute atomic E-state index is 11.9. The van der Waals surface area contributed by atoms with Gasteiger partial charge < -0.3 is 0 Å². The van der Waals surface area contributed by atoms with Gasteiger partial charge in [0.25, 0.3) is 5.82 Å². The number of amides is 1. The van der Waals surface area contributed by atoms with Crippen molar-refractivity contribution in [2.45, 2.75) is 39.5 Å². The minimum absolute atomic E-state index is 0.166. The molecule has 0 spiro atoms. The van der Waals surface area contributed by atoms with Gasteiger partial charge in [0.2, 0.25) is 0 Å². The Morgan fingerprint density at radius 2 is 2.00 bits per heavy atom. The van der Waals surface area contributed by atoms with E-state index in [1.54, 1.807) is 0 Å². The van der Waals surface area contributed by atoms with Crippen LogP contribution in [0.5, 0.6) is 0 Å². The summed E-state index contributed by atoms with van der Waals surface area (Å²) in [7, 11) is 0. The number of rotatable bonds is 2. The number of carbonyl (C=O) groups is 1. The summed E-state index contributed by atoms with van der Waals surface area (Å²) < 4.78 is 0. The molecule has 0 saturated heterocycles. The molecular formula is C13H19N2O+. The molecule has 0 unspecified atom stereocenters. The van der Waals surface area contributed by atoms with Crippen LogP contribution in [0.2, 0.25) is 0 Å². The van der Waals surface area contributed by atoms with Crippen molar-refractivity contribution in [1.29, 1.82) is 0 Å². The van der Waals surface area contributed by atoms with E-state index in [0.717, 1.165) is 29.9 Å². The first-order valence-electron chi connectivity index (χ1n) is 5.96. The molecule has 2 N–H and O–H groups in total. The molecule has 1 aromatic rings. The van der Waals surface area contributed by atoms with Crippen molar-refractivity contribution in [2.24, 2.45) is 5.92 Å². The van der Waals surface area contributed by atoms with Crippen LogP contribution in [0.4, 0.5) is 5.82 Å². The fourth-order valence-corrected chi connectivity index (χ4v) is 2.39. The van der Waals surface area contributed by atoms with Crippen molar-refractivity contribution in [3.63, 3.8) is 0 Å². The molecule has 0 aromatic carbocycles. The second-order valence-electron chi connectivity index (χ2n) is 4.73. The van der Waals surface area contributed by atoms with Crippen LogP contribution in [0, 0.1) is 19.8 Å². The normalized spacial score (nSPS) is 16.4. The minimum Gasteiger partial charge on any atom is -0.247 e. The standard InChI is InChI=1S/C13H18N2O/c1-9-7-10(2)14-12(8-9)15-13(16)11-5-3-4-6-11/h7-8,11H,3-6H2,1-2H3,(H,14,15,16)/p+1. The number of aromatic nitrogens is 1. The number of nitrogens with one attached hydrogen (secondary N) is 2. The van der Waals surface area contributed by atoms with E-state index in [0.29, 0.717) is 0 Å². The van der Waals surface area contributed by atoms with Gasteiger partial charge in [0.05, 0.1) is 11.6 Å². The molecule has 0 radical (unpaired) electrons. The lowest BCUT2D eigenvalue weighted by Gasteiger charge is -2.05. The number of hydrogen-bond acceptors (Lipinski definition) is 1. The SMILES string of the molecule is Cc1cc(C)[nH+]c(NC(=O)C2CCCC2)c1. The molecule has 1 aliphatic carbocycles. The van der Waals surface area contributed by atoms with E-state index < -0.39 is 0 Å². The van der Waals surface area contributed by atoms with Gasteiger partial charge in [0.1, 0.15) is 0 Å². The molecule has 0 bridgehead atoms. The van der Waals surface area contributed by atoms with Crippen LogP contribution in [0.15, 0.2) is 12.1 Å². The van der Waals surface area contributed by atoms with Gasteiger partial charge in [-0.05, 0) is 38.3 Å². The van der Waals surface area contributed by atoms with Gasteiger partial charge in [0, 0.05) is 6.07 Å². The molecule has 1 amide bonds. The highest BCUT2D eigenvalue weighted by Crippen LogP contribution is 2.25. The summed E-state index contributed by atoms with van der Waals surface area (Å²) in [5, 5.41) is 2.97. The zero-order chi connectivity index (χ0) is 11.5. The molecule has 0 atom stereocenters. The molecule has 1 fully saturated rings. The van der Waals surface area contributed by atoms with E-state index in [9.17, 15) is 4.79 Å². The average Bonchev–Trinajstić information content (AvgIpc) is 2.68. The second kappa shape index (κ2) is 4.64. The first-order valence-corrected chi connectivity index (χ1v) is 5.96. The largest absolute Gasteiger partial charge is 0.310 e. The predicted octanol–water partition coefficient (Wildman–Crippen LogP) is 2.25. The maximum atomic E-state index is 11.9. The summed E-state index contributed by atoms with van der Waals surface area (Å²) in [6.45, 7) is 4.03. The third kappa shape index (κ3) is 2.60. The topological polar surface area (TPSA) is 43.2 Å². The van der Waals surface area contributed by atoms with Crippen LogP contribution in [0.1, 0.15) is 36.9 Å². The quantitative estimate of drug-likeness (QED) is 0.814. The minimum atomic E-state index is 0.166. The van der Waals surface area contributed by atoms with Crippen LogP contribution in [-0.2, 0) is 4.79 Å². The Bertz CT molecular complexity index is 375. The Hall–Kier alpha value is -1.38. The van der Waals surface area contributed by atoms with Gasteiger partial charge in [0.15, 0.2) is 0 Å². The molecule has 0 aliphatic heterocycles. The zero-order valence-electron chi connectivity index (χ0n) is 9.97. The molecule has 1 aromatic heterocycles. The van der Waals surface area contributed by atoms with Gasteiger partial charge in [-0.3, -0.25) is 0 Å². The maximum Gasteiger partial charge on any atom is 0.310 e. The molecule has 3 nitrogen and oxygen atoms in total. The highest BCUT2D eigenvalue weighted by atomic mass is 16.1. The summed E-state index contributed by atoms with van der Waals surface area (Å²) >= 11 is 0. The third-order valence-electron chi connectivity index (χ3n) is 3.13. The van der Waals surface area contributed by atoms with Gasteiger partial charge in [-0.15, -0.1) is 0 Å². The Morgan fingerprint density at radius 1 is 1.31 bits per heavy atom. The van der Waals surface area contributed by atoms with Crippen LogP contribution in [0.3, 0.4) is 0 Å². The molecule has 16 heavy (non-hydrogen) atoms. The number of aryl methyl sites for hydroxylation is 2. The molecule has 86 valence electrons. The van der Waals surface area contributed by atoms with Gasteiger partial charge >= 0.3 is 5.91 Å². The summed E-state index contributed by atoms with van der Waals surface area (Å²) in [4.78, 5) is 15.1. The summed E-state index contributed by atoms with van der Waals surface area (Å²) in [6, 6.07) is 4.03. The fraction of sp³-hybridized carbons (Fsp3) is 0.538. The van der Waals surface area contributed by atoms with Crippen LogP contribution >= 0.6 is 0 Å². The number of anilines is 1. The van der Waals surface area contributed by atoms with Crippen molar-refractivity contribution in [2.75, 3.05) is 5.32 Å². The van der Waals surface area contributed by atoms with E-state index >= 15 is 0 Å². The monoisotopic (exact) mass is 219 g/mol. The molecule has 3 heteroatoms. The first-order chi connectivity index (χ1) is 7.65. The van der Waals surface area contributed by atoms with E-state index in [4.69, 9.17) is 0 Å². The lowest BCUT2D eigenvalue weighted by molar-refractivity contribution is -0.370. The lowest BCUT2D eigenvalue weighted by atomic mass is 10.1. The Kier molecular flexibility index (Phi) is 3.22. The van der Waals surface area contributed by atoms with E-state index in [1.807, 2.05) is 19.9 Å². The summed E-state index contributed by atoms with van der Waals surface area (Å²) in [6.07, 6.45) is 4.45. The van der Waals surface area contributed by atoms with Crippen LogP contribution in [0.25, 0.3) is 0 Å². The van der Waals surface area contributed by atoms with E-state index in [-0.39, 0.29) is 11.8 Å². The second-order valence-corrected chi connectivity index (χ2v) is 4.73. The third-order valence-corrected chi connectivity index (χ3v) is 3.13. The van der Waals surface area contributed by atoms with Crippen molar-refractivity contribution < 1.29 is 9.78 Å². The molecule has 1 heterocycles. The Labute approximate surface area is 96.3 Å². The molecule has 1 aliphatic rings. The fourth-order valence-electron chi connectivity index (χ4n) is 2.39. The molecule has 1 saturated carbocycles. The molecule has 2 rings (SSSR count). The van der Waals surface area contributed by atoms with Gasteiger partial charge in [-0.1, -0.05) is 12.8 Å². The first kappa shape index (κ1) is 11.1. The van der Waals surface area contributed by atoms with E-state index in [2.05, 4.69) is 16.4 Å². The van der Waals surface area contributed by atoms with Gasteiger partial charge in [-0.25, -0.2) is 15.1 Å². The number of carbonyl (C=O) groups excluding carboxylic acids is 1. The number of pyridine rings is 1. The highest BCUT2D eigenvalue weighted by Gasteiger charge is 2.26. The Morgan fingerprint density at radius 3 is 2.62 bits per heavy atom. The summed E-state index contributed by atoms with van der Waals surface area (Å²) in [5.74, 6) is 1.20. The number of aromatic amines is 1. The Balaban J connectivity index is 2.05. The van der Waals surface area contributed by atoms with Crippen LogP contribution in [-0.4, -0.2) is 5.91 Å². The van der Waals surface area contributed by atoms with Crippen LogP contribution < -0.4 is 10.3 Å². The number of H-pyrrole nitrogens is 1. The van der Waals surface area contributed by atoms with Gasteiger partial charge in [-0.2, -0.15) is 0 Å². The van der Waals surface area contributed by atoms with Crippen molar-refractivity contribution in [3.8, 4) is 0 Å². The van der Waals surface area contributed by atoms with Crippen molar-refractivity contribution in [1.82, 2.24) is 0 Å². The van der Waals surface area contributed by atoms with Crippen molar-refractivity contribution >= 4 is 11.7 Å². The van der Waals surface area contributed by atoms with E-state index in [1.165, 1.54) is 12.8 Å². The zero-order valence-corrected chi connectivity index (χ0v) is 9.97. The van der Waals surface area contributed by atoms with Crippen molar-refractivity contribution in [3.05, 3.63) is 23.4 Å². The average molecular weight is 219 g/mol. The number of hydrogen-bond donors (Lipinski definition) is 1.